The molecule has 2 aromatic heterocycles. The molecule has 1 aliphatic rings. The zero-order valence-electron chi connectivity index (χ0n) is 16.5. The number of aromatic nitrogens is 4. The van der Waals surface area contributed by atoms with E-state index in [1.807, 2.05) is 13.8 Å². The van der Waals surface area contributed by atoms with Crippen molar-refractivity contribution in [2.45, 2.75) is 26.1 Å². The average Bonchev–Trinajstić information content (AvgIpc) is 3.16. The first kappa shape index (κ1) is 19.1. The fourth-order valence-electron chi connectivity index (χ4n) is 3.41. The van der Waals surface area contributed by atoms with Crippen molar-refractivity contribution in [1.82, 2.24) is 20.2 Å². The van der Waals surface area contributed by atoms with E-state index in [0.29, 0.717) is 28.8 Å². The predicted octanol–water partition coefficient (Wildman–Crippen LogP) is 3.37. The van der Waals surface area contributed by atoms with Crippen LogP contribution in [-0.4, -0.2) is 52.6 Å². The molecule has 0 saturated carbocycles. The van der Waals surface area contributed by atoms with Gasteiger partial charge in [0.25, 0.3) is 0 Å². The Kier molecular flexibility index (Phi) is 5.30. The summed E-state index contributed by atoms with van der Waals surface area (Å²) >= 11 is 0. The molecule has 1 saturated heterocycles. The third kappa shape index (κ3) is 4.29. The summed E-state index contributed by atoms with van der Waals surface area (Å²) in [7, 11) is 1.44. The van der Waals surface area contributed by atoms with Crippen LogP contribution in [0.25, 0.3) is 11.3 Å². The van der Waals surface area contributed by atoms with Crippen LogP contribution in [0.5, 0.6) is 5.75 Å². The number of rotatable bonds is 5. The minimum absolute atomic E-state index is 0.123. The number of ether oxygens (including phenoxy) is 2. The second-order valence-corrected chi connectivity index (χ2v) is 7.05. The Labute approximate surface area is 168 Å². The standard InChI is InChI=1S/C20H23FN6O2/c1-12-10-27(11-13(2)29-12)20-22-7-6-18(24-20)23-19-9-16(25-26-19)14-4-5-17(28-3)15(21)8-14/h4-9,12-13H,10-11H2,1-3H3,(H2,22,23,24,25,26)/t12-,13+. The zero-order valence-corrected chi connectivity index (χ0v) is 16.5. The zero-order chi connectivity index (χ0) is 20.4. The number of H-pyrrole nitrogens is 1. The van der Waals surface area contributed by atoms with Crippen molar-refractivity contribution in [3.8, 4) is 17.0 Å². The summed E-state index contributed by atoms with van der Waals surface area (Å²) in [5.41, 5.74) is 1.35. The van der Waals surface area contributed by atoms with Crippen LogP contribution in [0.3, 0.4) is 0 Å². The van der Waals surface area contributed by atoms with E-state index in [-0.39, 0.29) is 18.0 Å². The molecule has 152 valence electrons. The smallest absolute Gasteiger partial charge is 0.227 e. The molecule has 0 bridgehead atoms. The molecule has 2 N–H and O–H groups in total. The van der Waals surface area contributed by atoms with Crippen LogP contribution < -0.4 is 15.0 Å². The molecular weight excluding hydrogens is 375 g/mol. The maximum absolute atomic E-state index is 14.0. The summed E-state index contributed by atoms with van der Waals surface area (Å²) in [4.78, 5) is 11.1. The molecular formula is C20H23FN6O2. The van der Waals surface area contributed by atoms with Gasteiger partial charge in [0.1, 0.15) is 5.82 Å². The maximum atomic E-state index is 14.0. The molecule has 3 heterocycles. The number of nitrogens with one attached hydrogen (secondary N) is 2. The van der Waals surface area contributed by atoms with Gasteiger partial charge in [-0.1, -0.05) is 0 Å². The Bertz CT molecular complexity index is 985. The molecule has 0 unspecified atom stereocenters. The van der Waals surface area contributed by atoms with Crippen LogP contribution in [0.2, 0.25) is 0 Å². The summed E-state index contributed by atoms with van der Waals surface area (Å²) in [5.74, 6) is 1.62. The molecule has 0 spiro atoms. The number of methoxy groups -OCH3 is 1. The summed E-state index contributed by atoms with van der Waals surface area (Å²) < 4.78 is 24.7. The normalized spacial score (nSPS) is 19.2. The third-order valence-corrected chi connectivity index (χ3v) is 4.64. The van der Waals surface area contributed by atoms with Crippen LogP contribution >= 0.6 is 0 Å². The number of anilines is 3. The minimum atomic E-state index is -0.427. The molecule has 0 aliphatic carbocycles. The van der Waals surface area contributed by atoms with Crippen molar-refractivity contribution < 1.29 is 13.9 Å². The summed E-state index contributed by atoms with van der Waals surface area (Å²) in [5, 5.41) is 10.3. The first-order chi connectivity index (χ1) is 14.0. The Balaban J connectivity index is 1.50. The molecule has 8 nitrogen and oxygen atoms in total. The summed E-state index contributed by atoms with van der Waals surface area (Å²) in [6.07, 6.45) is 1.96. The lowest BCUT2D eigenvalue weighted by molar-refractivity contribution is -0.00571. The molecule has 2 atom stereocenters. The van der Waals surface area contributed by atoms with Crippen LogP contribution in [0.1, 0.15) is 13.8 Å². The fourth-order valence-corrected chi connectivity index (χ4v) is 3.41. The minimum Gasteiger partial charge on any atom is -0.494 e. The van der Waals surface area contributed by atoms with Crippen LogP contribution in [0.4, 0.5) is 22.0 Å². The number of hydrogen-bond donors (Lipinski definition) is 2. The topological polar surface area (TPSA) is 88.2 Å². The van der Waals surface area contributed by atoms with Gasteiger partial charge in [-0.3, -0.25) is 5.10 Å². The molecule has 0 amide bonds. The van der Waals surface area contributed by atoms with Crippen molar-refractivity contribution in [3.63, 3.8) is 0 Å². The lowest BCUT2D eigenvalue weighted by Gasteiger charge is -2.35. The van der Waals surface area contributed by atoms with E-state index in [4.69, 9.17) is 9.47 Å². The maximum Gasteiger partial charge on any atom is 0.227 e. The highest BCUT2D eigenvalue weighted by molar-refractivity contribution is 5.66. The highest BCUT2D eigenvalue weighted by atomic mass is 19.1. The highest BCUT2D eigenvalue weighted by Crippen LogP contribution is 2.26. The van der Waals surface area contributed by atoms with Gasteiger partial charge in [0.05, 0.1) is 25.0 Å². The predicted molar refractivity (Wildman–Crippen MR) is 108 cm³/mol. The molecule has 0 radical (unpaired) electrons. The van der Waals surface area contributed by atoms with Gasteiger partial charge in [-0.05, 0) is 38.1 Å². The number of nitrogens with zero attached hydrogens (tertiary/aromatic N) is 4. The Hall–Kier alpha value is -3.20. The molecule has 1 aliphatic heterocycles. The van der Waals surface area contributed by atoms with Crippen molar-refractivity contribution in [2.24, 2.45) is 0 Å². The van der Waals surface area contributed by atoms with Gasteiger partial charge in [-0.2, -0.15) is 10.1 Å². The molecule has 4 rings (SSSR count). The lowest BCUT2D eigenvalue weighted by Crippen LogP contribution is -2.46. The monoisotopic (exact) mass is 398 g/mol. The fraction of sp³-hybridized carbons (Fsp3) is 0.350. The van der Waals surface area contributed by atoms with E-state index in [1.54, 1.807) is 30.5 Å². The van der Waals surface area contributed by atoms with Crippen molar-refractivity contribution in [1.29, 1.82) is 0 Å². The van der Waals surface area contributed by atoms with E-state index in [2.05, 4.69) is 30.4 Å². The Morgan fingerprint density at radius 1 is 1.17 bits per heavy atom. The van der Waals surface area contributed by atoms with Crippen molar-refractivity contribution in [3.05, 3.63) is 42.3 Å². The largest absolute Gasteiger partial charge is 0.494 e. The average molecular weight is 398 g/mol. The number of morpholine rings is 1. The Morgan fingerprint density at radius 2 is 1.97 bits per heavy atom. The first-order valence-electron chi connectivity index (χ1n) is 9.41. The van der Waals surface area contributed by atoms with Gasteiger partial charge in [-0.25, -0.2) is 9.37 Å². The number of aromatic amines is 1. The second kappa shape index (κ2) is 8.04. The number of benzene rings is 1. The first-order valence-corrected chi connectivity index (χ1v) is 9.41. The number of hydrogen-bond acceptors (Lipinski definition) is 7. The highest BCUT2D eigenvalue weighted by Gasteiger charge is 2.24. The van der Waals surface area contributed by atoms with Crippen LogP contribution in [0.15, 0.2) is 36.5 Å². The van der Waals surface area contributed by atoms with Gasteiger partial charge < -0.3 is 19.7 Å². The summed E-state index contributed by atoms with van der Waals surface area (Å²) in [6, 6.07) is 8.32. The Morgan fingerprint density at radius 3 is 2.69 bits per heavy atom. The molecule has 1 aromatic carbocycles. The second-order valence-electron chi connectivity index (χ2n) is 7.05. The van der Waals surface area contributed by atoms with Crippen LogP contribution in [0, 0.1) is 5.82 Å². The van der Waals surface area contributed by atoms with Gasteiger partial charge >= 0.3 is 0 Å². The van der Waals surface area contributed by atoms with Gasteiger partial charge in [0.15, 0.2) is 17.4 Å². The van der Waals surface area contributed by atoms with Gasteiger partial charge in [0, 0.05) is 30.9 Å². The van der Waals surface area contributed by atoms with Gasteiger partial charge in [0.2, 0.25) is 5.95 Å². The molecule has 1 fully saturated rings. The number of halogens is 1. The lowest BCUT2D eigenvalue weighted by atomic mass is 10.1. The third-order valence-electron chi connectivity index (χ3n) is 4.64. The quantitative estimate of drug-likeness (QED) is 0.681. The van der Waals surface area contributed by atoms with E-state index >= 15 is 0 Å². The van der Waals surface area contributed by atoms with Crippen LogP contribution in [-0.2, 0) is 4.74 Å². The van der Waals surface area contributed by atoms with E-state index < -0.39 is 5.82 Å². The van der Waals surface area contributed by atoms with E-state index in [9.17, 15) is 4.39 Å². The SMILES string of the molecule is COc1ccc(-c2cc(Nc3ccnc(N4C[C@@H](C)O[C@@H](C)C4)n3)n[nH]2)cc1F. The van der Waals surface area contributed by atoms with Gasteiger partial charge in [-0.15, -0.1) is 0 Å². The van der Waals surface area contributed by atoms with E-state index in [1.165, 1.54) is 13.2 Å². The van der Waals surface area contributed by atoms with E-state index in [0.717, 1.165) is 13.1 Å². The van der Waals surface area contributed by atoms with Crippen molar-refractivity contribution in [2.75, 3.05) is 30.4 Å². The molecule has 9 heteroatoms. The van der Waals surface area contributed by atoms with Crippen molar-refractivity contribution >= 4 is 17.6 Å². The molecule has 29 heavy (non-hydrogen) atoms. The summed E-state index contributed by atoms with van der Waals surface area (Å²) in [6.45, 7) is 5.56. The molecule has 3 aromatic rings.